The van der Waals surface area contributed by atoms with E-state index in [2.05, 4.69) is 26.2 Å². The molecular formula is C11H11BrF3N3. The Bertz CT molecular complexity index is 481. The largest absolute Gasteiger partial charge is 0.416 e. The van der Waals surface area contributed by atoms with Crippen molar-refractivity contribution in [2.75, 3.05) is 5.32 Å². The molecule has 0 atom stereocenters. The molecule has 0 bridgehead atoms. The van der Waals surface area contributed by atoms with Gasteiger partial charge in [-0.1, -0.05) is 0 Å². The molecule has 18 heavy (non-hydrogen) atoms. The quantitative estimate of drug-likeness (QED) is 0.648. The van der Waals surface area contributed by atoms with E-state index >= 15 is 0 Å². The van der Waals surface area contributed by atoms with Gasteiger partial charge in [-0.15, -0.1) is 0 Å². The summed E-state index contributed by atoms with van der Waals surface area (Å²) < 4.78 is 38.2. The van der Waals surface area contributed by atoms with Crippen molar-refractivity contribution in [3.05, 3.63) is 28.2 Å². The molecule has 1 aromatic carbocycles. The summed E-state index contributed by atoms with van der Waals surface area (Å²) in [6.45, 7) is 0. The minimum atomic E-state index is -4.38. The second-order valence-corrected chi connectivity index (χ2v) is 4.92. The molecule has 0 heterocycles. The Balaban J connectivity index is 2.20. The third kappa shape index (κ3) is 3.38. The maximum Gasteiger partial charge on any atom is 0.416 e. The predicted octanol–water partition coefficient (Wildman–Crippen LogP) is 3.36. The van der Waals surface area contributed by atoms with E-state index in [0.717, 1.165) is 25.0 Å². The van der Waals surface area contributed by atoms with Crippen molar-refractivity contribution >= 4 is 27.6 Å². The van der Waals surface area contributed by atoms with Crippen molar-refractivity contribution in [2.45, 2.75) is 25.1 Å². The molecule has 1 saturated carbocycles. The van der Waals surface area contributed by atoms with Gasteiger partial charge in [0.15, 0.2) is 5.96 Å². The van der Waals surface area contributed by atoms with Gasteiger partial charge in [0.2, 0.25) is 0 Å². The Hall–Kier alpha value is -1.24. The number of benzene rings is 1. The van der Waals surface area contributed by atoms with Crippen molar-refractivity contribution in [3.8, 4) is 0 Å². The lowest BCUT2D eigenvalue weighted by atomic mass is 10.2. The van der Waals surface area contributed by atoms with Crippen molar-refractivity contribution < 1.29 is 13.2 Å². The first kappa shape index (κ1) is 13.2. The summed E-state index contributed by atoms with van der Waals surface area (Å²) in [4.78, 5) is 4.10. The van der Waals surface area contributed by atoms with Crippen LogP contribution in [-0.4, -0.2) is 12.0 Å². The number of aliphatic imine (C=N–C) groups is 1. The number of rotatable bonds is 2. The summed E-state index contributed by atoms with van der Waals surface area (Å²) in [5.74, 6) is 0.137. The molecule has 0 radical (unpaired) electrons. The maximum absolute atomic E-state index is 12.6. The number of nitrogens with two attached hydrogens (primary N) is 1. The Labute approximate surface area is 110 Å². The van der Waals surface area contributed by atoms with Gasteiger partial charge >= 0.3 is 6.18 Å². The molecule has 3 N–H and O–H groups in total. The highest BCUT2D eigenvalue weighted by molar-refractivity contribution is 9.10. The van der Waals surface area contributed by atoms with Crippen LogP contribution >= 0.6 is 15.9 Å². The molecule has 0 spiro atoms. The van der Waals surface area contributed by atoms with Crippen molar-refractivity contribution in [1.29, 1.82) is 0 Å². The highest BCUT2D eigenvalue weighted by Crippen LogP contribution is 2.34. The van der Waals surface area contributed by atoms with Crippen molar-refractivity contribution in [2.24, 2.45) is 10.7 Å². The van der Waals surface area contributed by atoms with Crippen molar-refractivity contribution in [3.63, 3.8) is 0 Å². The van der Waals surface area contributed by atoms with E-state index in [9.17, 15) is 13.2 Å². The molecule has 1 aliphatic carbocycles. The molecule has 3 nitrogen and oxygen atoms in total. The van der Waals surface area contributed by atoms with E-state index in [-0.39, 0.29) is 17.7 Å². The molecule has 7 heteroatoms. The zero-order valence-corrected chi connectivity index (χ0v) is 10.8. The molecule has 0 amide bonds. The average Bonchev–Trinajstić information content (AvgIpc) is 3.03. The number of alkyl halides is 3. The number of anilines is 1. The van der Waals surface area contributed by atoms with E-state index in [1.54, 1.807) is 0 Å². The fourth-order valence-electron chi connectivity index (χ4n) is 1.37. The summed E-state index contributed by atoms with van der Waals surface area (Å²) >= 11 is 3.17. The van der Waals surface area contributed by atoms with Gasteiger partial charge in [0.25, 0.3) is 0 Å². The van der Waals surface area contributed by atoms with Gasteiger partial charge in [0.05, 0.1) is 17.3 Å². The van der Waals surface area contributed by atoms with E-state index in [4.69, 9.17) is 5.73 Å². The molecule has 0 saturated heterocycles. The highest BCUT2D eigenvalue weighted by atomic mass is 79.9. The van der Waals surface area contributed by atoms with E-state index in [1.807, 2.05) is 0 Å². The maximum atomic E-state index is 12.6. The van der Waals surface area contributed by atoms with Crippen LogP contribution in [0.1, 0.15) is 18.4 Å². The van der Waals surface area contributed by atoms with Crippen LogP contribution < -0.4 is 11.1 Å². The SMILES string of the molecule is NC(=NC1CC1)Nc1cc(C(F)(F)F)ccc1Br. The number of nitrogens with one attached hydrogen (secondary N) is 1. The Morgan fingerprint density at radius 2 is 2.06 bits per heavy atom. The summed E-state index contributed by atoms with van der Waals surface area (Å²) in [6.07, 6.45) is -2.42. The second kappa shape index (κ2) is 4.79. The number of guanidine groups is 1. The first-order chi connectivity index (χ1) is 8.36. The second-order valence-electron chi connectivity index (χ2n) is 4.06. The van der Waals surface area contributed by atoms with Gasteiger partial charge in [-0.2, -0.15) is 13.2 Å². The normalized spacial score (nSPS) is 16.8. The lowest BCUT2D eigenvalue weighted by molar-refractivity contribution is -0.137. The van der Waals surface area contributed by atoms with Gasteiger partial charge in [-0.3, -0.25) is 0 Å². The Kier molecular flexibility index (Phi) is 3.52. The van der Waals surface area contributed by atoms with Gasteiger partial charge in [-0.05, 0) is 47.0 Å². The topological polar surface area (TPSA) is 50.4 Å². The summed E-state index contributed by atoms with van der Waals surface area (Å²) in [5.41, 5.74) is 5.14. The highest BCUT2D eigenvalue weighted by Gasteiger charge is 2.31. The van der Waals surface area contributed by atoms with Crippen LogP contribution in [0.15, 0.2) is 27.7 Å². The van der Waals surface area contributed by atoms with Crippen LogP contribution in [0, 0.1) is 0 Å². The van der Waals surface area contributed by atoms with Gasteiger partial charge in [0.1, 0.15) is 0 Å². The molecule has 98 valence electrons. The molecule has 0 aliphatic heterocycles. The summed E-state index contributed by atoms with van der Waals surface area (Å²) in [7, 11) is 0. The molecule has 2 rings (SSSR count). The van der Waals surface area contributed by atoms with Gasteiger partial charge in [-0.25, -0.2) is 4.99 Å². The Morgan fingerprint density at radius 1 is 1.39 bits per heavy atom. The van der Waals surface area contributed by atoms with Crippen LogP contribution in [0.2, 0.25) is 0 Å². The van der Waals surface area contributed by atoms with Crippen LogP contribution in [0.3, 0.4) is 0 Å². The minimum absolute atomic E-state index is 0.137. The molecule has 1 aliphatic rings. The van der Waals surface area contributed by atoms with Crippen LogP contribution in [0.4, 0.5) is 18.9 Å². The van der Waals surface area contributed by atoms with E-state index < -0.39 is 11.7 Å². The Morgan fingerprint density at radius 3 is 2.61 bits per heavy atom. The van der Waals surface area contributed by atoms with Gasteiger partial charge < -0.3 is 11.1 Å². The number of hydrogen-bond donors (Lipinski definition) is 2. The lowest BCUT2D eigenvalue weighted by Crippen LogP contribution is -2.23. The zero-order chi connectivity index (χ0) is 13.3. The molecule has 1 fully saturated rings. The molecule has 0 unspecified atom stereocenters. The van der Waals surface area contributed by atoms with Crippen LogP contribution in [-0.2, 0) is 6.18 Å². The third-order valence-electron chi connectivity index (χ3n) is 2.42. The predicted molar refractivity (Wildman–Crippen MR) is 67.4 cm³/mol. The minimum Gasteiger partial charge on any atom is -0.370 e. The van der Waals surface area contributed by atoms with E-state index in [0.29, 0.717) is 4.47 Å². The first-order valence-corrected chi connectivity index (χ1v) is 6.12. The summed E-state index contributed by atoms with van der Waals surface area (Å²) in [5, 5.41) is 2.67. The average molecular weight is 322 g/mol. The lowest BCUT2D eigenvalue weighted by Gasteiger charge is -2.12. The summed E-state index contributed by atoms with van der Waals surface area (Å²) in [6, 6.07) is 3.54. The molecule has 0 aromatic heterocycles. The zero-order valence-electron chi connectivity index (χ0n) is 9.26. The monoisotopic (exact) mass is 321 g/mol. The van der Waals surface area contributed by atoms with E-state index in [1.165, 1.54) is 6.07 Å². The first-order valence-electron chi connectivity index (χ1n) is 5.33. The third-order valence-corrected chi connectivity index (χ3v) is 3.12. The standard InChI is InChI=1S/C11H11BrF3N3/c12-8-4-1-6(11(13,14)15)5-9(8)18-10(16)17-7-2-3-7/h1,4-5,7H,2-3H2,(H3,16,17,18). The molecular weight excluding hydrogens is 311 g/mol. The number of halogens is 4. The van der Waals surface area contributed by atoms with Crippen LogP contribution in [0.25, 0.3) is 0 Å². The number of nitrogens with zero attached hydrogens (tertiary/aromatic N) is 1. The smallest absolute Gasteiger partial charge is 0.370 e. The number of hydrogen-bond acceptors (Lipinski definition) is 1. The van der Waals surface area contributed by atoms with Gasteiger partial charge in [0, 0.05) is 4.47 Å². The van der Waals surface area contributed by atoms with Crippen molar-refractivity contribution in [1.82, 2.24) is 0 Å². The fraction of sp³-hybridized carbons (Fsp3) is 0.364. The fourth-order valence-corrected chi connectivity index (χ4v) is 1.71. The molecule has 1 aromatic rings. The van der Waals surface area contributed by atoms with Crippen LogP contribution in [0.5, 0.6) is 0 Å².